The van der Waals surface area contributed by atoms with E-state index in [-0.39, 0.29) is 18.4 Å². The first-order valence-corrected chi connectivity index (χ1v) is 9.50. The molecule has 0 heterocycles. The number of nitrogens with one attached hydrogen (secondary N) is 2. The molecule has 5 nitrogen and oxygen atoms in total. The average Bonchev–Trinajstić information content (AvgIpc) is 3.54. The van der Waals surface area contributed by atoms with Crippen LogP contribution < -0.4 is 10.6 Å². The number of ether oxygens (including phenoxy) is 1. The Morgan fingerprint density at radius 3 is 2.33 bits per heavy atom. The number of carbonyl (C=O) groups is 2. The van der Waals surface area contributed by atoms with Crippen molar-refractivity contribution >= 4 is 11.8 Å². The van der Waals surface area contributed by atoms with Gasteiger partial charge in [-0.25, -0.2) is 0 Å². The minimum atomic E-state index is -0.252. The Morgan fingerprint density at radius 1 is 0.926 bits per heavy atom. The van der Waals surface area contributed by atoms with Gasteiger partial charge in [0, 0.05) is 25.3 Å². The SMILES string of the molecule is O=C(CNC(=O)c1ccc(-c2ccccc2)cc1)NCCCOCC1CC1. The predicted octanol–water partition coefficient (Wildman–Crippen LogP) is 3.02. The van der Waals surface area contributed by atoms with Gasteiger partial charge in [-0.2, -0.15) is 0 Å². The molecule has 2 aromatic rings. The molecule has 0 atom stereocenters. The van der Waals surface area contributed by atoms with E-state index in [9.17, 15) is 9.59 Å². The highest BCUT2D eigenvalue weighted by atomic mass is 16.5. The molecule has 5 heteroatoms. The summed E-state index contributed by atoms with van der Waals surface area (Å²) in [7, 11) is 0. The van der Waals surface area contributed by atoms with Crippen LogP contribution in [0.4, 0.5) is 0 Å². The molecule has 0 radical (unpaired) electrons. The van der Waals surface area contributed by atoms with Gasteiger partial charge in [-0.3, -0.25) is 9.59 Å². The molecule has 2 amide bonds. The maximum atomic E-state index is 12.2. The van der Waals surface area contributed by atoms with Crippen molar-refractivity contribution in [1.82, 2.24) is 10.6 Å². The van der Waals surface area contributed by atoms with Crippen molar-refractivity contribution in [1.29, 1.82) is 0 Å². The smallest absolute Gasteiger partial charge is 0.251 e. The Kier molecular flexibility index (Phi) is 6.99. The Bertz CT molecular complexity index is 740. The normalized spacial score (nSPS) is 13.2. The third-order valence-corrected chi connectivity index (χ3v) is 4.50. The predicted molar refractivity (Wildman–Crippen MR) is 105 cm³/mol. The molecule has 1 aliphatic rings. The summed E-state index contributed by atoms with van der Waals surface area (Å²) >= 11 is 0. The molecule has 2 N–H and O–H groups in total. The van der Waals surface area contributed by atoms with E-state index >= 15 is 0 Å². The topological polar surface area (TPSA) is 67.4 Å². The first-order valence-electron chi connectivity index (χ1n) is 9.50. The van der Waals surface area contributed by atoms with Gasteiger partial charge in [0.25, 0.3) is 5.91 Å². The van der Waals surface area contributed by atoms with Gasteiger partial charge >= 0.3 is 0 Å². The van der Waals surface area contributed by atoms with Crippen molar-refractivity contribution in [2.75, 3.05) is 26.3 Å². The molecule has 3 rings (SSSR count). The minimum Gasteiger partial charge on any atom is -0.381 e. The Labute approximate surface area is 160 Å². The molecular formula is C22H26N2O3. The molecule has 142 valence electrons. The van der Waals surface area contributed by atoms with Crippen LogP contribution >= 0.6 is 0 Å². The number of hydrogen-bond acceptors (Lipinski definition) is 3. The van der Waals surface area contributed by atoms with Crippen LogP contribution in [0.2, 0.25) is 0 Å². The average molecular weight is 366 g/mol. The lowest BCUT2D eigenvalue weighted by Gasteiger charge is -2.08. The fourth-order valence-corrected chi connectivity index (χ4v) is 2.71. The lowest BCUT2D eigenvalue weighted by atomic mass is 10.0. The molecular weight excluding hydrogens is 340 g/mol. The highest BCUT2D eigenvalue weighted by molar-refractivity contribution is 5.96. The van der Waals surface area contributed by atoms with Crippen LogP contribution in [0.15, 0.2) is 54.6 Å². The molecule has 27 heavy (non-hydrogen) atoms. The first-order chi connectivity index (χ1) is 13.2. The number of amides is 2. The van der Waals surface area contributed by atoms with E-state index in [1.807, 2.05) is 42.5 Å². The lowest BCUT2D eigenvalue weighted by Crippen LogP contribution is -2.37. The largest absolute Gasteiger partial charge is 0.381 e. The van der Waals surface area contributed by atoms with Gasteiger partial charge < -0.3 is 15.4 Å². The second kappa shape index (κ2) is 9.88. The molecule has 0 bridgehead atoms. The Balaban J connectivity index is 1.34. The molecule has 0 aliphatic heterocycles. The summed E-state index contributed by atoms with van der Waals surface area (Å²) in [5.74, 6) is 0.320. The first kappa shape index (κ1) is 19.1. The summed E-state index contributed by atoms with van der Waals surface area (Å²) in [6.45, 7) is 2.04. The van der Waals surface area contributed by atoms with E-state index in [0.717, 1.165) is 30.1 Å². The number of carbonyl (C=O) groups excluding carboxylic acids is 2. The summed E-state index contributed by atoms with van der Waals surface area (Å²) in [6.07, 6.45) is 3.35. The van der Waals surface area contributed by atoms with E-state index < -0.39 is 0 Å². The molecule has 0 aromatic heterocycles. The highest BCUT2D eigenvalue weighted by Gasteiger charge is 2.20. The minimum absolute atomic E-state index is 0.0256. The van der Waals surface area contributed by atoms with Crippen molar-refractivity contribution in [2.24, 2.45) is 5.92 Å². The van der Waals surface area contributed by atoms with Crippen molar-refractivity contribution in [3.63, 3.8) is 0 Å². The van der Waals surface area contributed by atoms with Gasteiger partial charge in [0.2, 0.25) is 5.91 Å². The monoisotopic (exact) mass is 366 g/mol. The summed E-state index contributed by atoms with van der Waals surface area (Å²) in [5, 5.41) is 5.44. The third-order valence-electron chi connectivity index (χ3n) is 4.50. The number of benzene rings is 2. The van der Waals surface area contributed by atoms with Gasteiger partial charge in [-0.15, -0.1) is 0 Å². The van der Waals surface area contributed by atoms with Crippen LogP contribution in [-0.4, -0.2) is 38.1 Å². The van der Waals surface area contributed by atoms with Crippen molar-refractivity contribution in [3.8, 4) is 11.1 Å². The van der Waals surface area contributed by atoms with E-state index in [2.05, 4.69) is 10.6 Å². The number of rotatable bonds is 10. The van der Waals surface area contributed by atoms with E-state index in [0.29, 0.717) is 18.7 Å². The van der Waals surface area contributed by atoms with Crippen LogP contribution in [0.3, 0.4) is 0 Å². The quantitative estimate of drug-likeness (QED) is 0.635. The summed E-state index contributed by atoms with van der Waals surface area (Å²) < 4.78 is 5.52. The van der Waals surface area contributed by atoms with Crippen molar-refractivity contribution < 1.29 is 14.3 Å². The van der Waals surface area contributed by atoms with Crippen LogP contribution in [0.1, 0.15) is 29.6 Å². The van der Waals surface area contributed by atoms with Gasteiger partial charge in [-0.1, -0.05) is 42.5 Å². The standard InChI is InChI=1S/C22H26N2O3/c25-21(23-13-4-14-27-16-17-7-8-17)15-24-22(26)20-11-9-19(10-12-20)18-5-2-1-3-6-18/h1-3,5-6,9-12,17H,4,7-8,13-16H2,(H,23,25)(H,24,26). The zero-order valence-corrected chi connectivity index (χ0v) is 15.4. The fourth-order valence-electron chi connectivity index (χ4n) is 2.71. The van der Waals surface area contributed by atoms with Crippen LogP contribution in [0.25, 0.3) is 11.1 Å². The third kappa shape index (κ3) is 6.53. The molecule has 2 aromatic carbocycles. The van der Waals surface area contributed by atoms with Gasteiger partial charge in [0.1, 0.15) is 0 Å². The van der Waals surface area contributed by atoms with Gasteiger partial charge in [0.05, 0.1) is 6.54 Å². The molecule has 0 spiro atoms. The zero-order valence-electron chi connectivity index (χ0n) is 15.4. The van der Waals surface area contributed by atoms with E-state index in [4.69, 9.17) is 4.74 Å². The molecule has 1 saturated carbocycles. The van der Waals surface area contributed by atoms with E-state index in [1.54, 1.807) is 12.1 Å². The summed E-state index contributed by atoms with van der Waals surface area (Å²) in [4.78, 5) is 24.0. The van der Waals surface area contributed by atoms with Crippen LogP contribution in [-0.2, 0) is 9.53 Å². The molecule has 1 fully saturated rings. The van der Waals surface area contributed by atoms with Crippen molar-refractivity contribution in [3.05, 3.63) is 60.2 Å². The maximum Gasteiger partial charge on any atom is 0.251 e. The lowest BCUT2D eigenvalue weighted by molar-refractivity contribution is -0.120. The second-order valence-corrected chi connectivity index (χ2v) is 6.85. The summed E-state index contributed by atoms with van der Waals surface area (Å²) in [5.41, 5.74) is 2.69. The van der Waals surface area contributed by atoms with Gasteiger partial charge in [-0.05, 0) is 48.4 Å². The molecule has 0 saturated heterocycles. The highest BCUT2D eigenvalue weighted by Crippen LogP contribution is 2.28. The second-order valence-electron chi connectivity index (χ2n) is 6.85. The van der Waals surface area contributed by atoms with Crippen molar-refractivity contribution in [2.45, 2.75) is 19.3 Å². The van der Waals surface area contributed by atoms with Crippen LogP contribution in [0.5, 0.6) is 0 Å². The zero-order chi connectivity index (χ0) is 18.9. The Hall–Kier alpha value is -2.66. The van der Waals surface area contributed by atoms with Crippen LogP contribution in [0, 0.1) is 5.92 Å². The Morgan fingerprint density at radius 2 is 1.63 bits per heavy atom. The van der Waals surface area contributed by atoms with Gasteiger partial charge in [0.15, 0.2) is 0 Å². The van der Waals surface area contributed by atoms with E-state index in [1.165, 1.54) is 12.8 Å². The molecule has 0 unspecified atom stereocenters. The molecule has 1 aliphatic carbocycles. The fraction of sp³-hybridized carbons (Fsp3) is 0.364. The summed E-state index contributed by atoms with van der Waals surface area (Å²) in [6, 6.07) is 17.3. The maximum absolute atomic E-state index is 12.2. The number of hydrogen-bond donors (Lipinski definition) is 2.